The summed E-state index contributed by atoms with van der Waals surface area (Å²) in [5.41, 5.74) is 2.91. The van der Waals surface area contributed by atoms with Crippen LogP contribution in [0.4, 0.5) is 11.4 Å². The molecular weight excluding hydrogens is 617 g/mol. The summed E-state index contributed by atoms with van der Waals surface area (Å²) in [6, 6.07) is 21.2. The smallest absolute Gasteiger partial charge is 0.0782 e. The van der Waals surface area contributed by atoms with Gasteiger partial charge in [0, 0.05) is 21.2 Å². The number of anilines is 2. The SMILES string of the molecule is Sc1ccccc1NC(c1ccc(Cl)c(Cl)c1Cl)C(Nc1ccccc1S)c1ccc(Cl)c(Cl)c1Cl. The Kier molecular flexibility index (Phi) is 9.46. The standard InChI is InChI=1S/C26H18Cl6N2S2/c27-15-11-9-13(21(29)23(15)31)25(33-17-5-1-3-7-19(17)35)26(34-18-6-2-4-8-20(18)36)14-10-12-16(28)24(32)22(14)30/h1-12,25-26,33-36H. The highest BCUT2D eigenvalue weighted by Crippen LogP contribution is 2.46. The van der Waals surface area contributed by atoms with E-state index in [1.165, 1.54) is 0 Å². The van der Waals surface area contributed by atoms with Crippen LogP contribution < -0.4 is 10.6 Å². The maximum Gasteiger partial charge on any atom is 0.0782 e. The Balaban J connectivity index is 1.96. The van der Waals surface area contributed by atoms with Gasteiger partial charge in [0.05, 0.1) is 42.2 Å². The van der Waals surface area contributed by atoms with Crippen molar-refractivity contribution < 1.29 is 0 Å². The molecule has 0 radical (unpaired) electrons. The molecule has 186 valence electrons. The number of para-hydroxylation sites is 2. The van der Waals surface area contributed by atoms with Gasteiger partial charge in [0.2, 0.25) is 0 Å². The Bertz CT molecular complexity index is 1310. The number of benzene rings is 4. The van der Waals surface area contributed by atoms with E-state index in [2.05, 4.69) is 35.9 Å². The first kappa shape index (κ1) is 27.9. The van der Waals surface area contributed by atoms with Crippen molar-refractivity contribution >= 4 is 106 Å². The first-order valence-corrected chi connectivity index (χ1v) is 13.7. The highest BCUT2D eigenvalue weighted by atomic mass is 35.5. The normalized spacial score (nSPS) is 12.8. The van der Waals surface area contributed by atoms with Crippen LogP contribution in [-0.4, -0.2) is 0 Å². The summed E-state index contributed by atoms with van der Waals surface area (Å²) in [4.78, 5) is 1.49. The molecule has 36 heavy (non-hydrogen) atoms. The van der Waals surface area contributed by atoms with E-state index < -0.39 is 12.1 Å². The van der Waals surface area contributed by atoms with Crippen molar-refractivity contribution in [2.24, 2.45) is 0 Å². The minimum absolute atomic E-state index is 0.246. The molecule has 2 nitrogen and oxygen atoms in total. The third-order valence-corrected chi connectivity index (χ3v) is 8.96. The number of nitrogens with one attached hydrogen (secondary N) is 2. The molecule has 4 rings (SSSR count). The minimum Gasteiger partial charge on any atom is -0.375 e. The van der Waals surface area contributed by atoms with Crippen LogP contribution in [0, 0.1) is 0 Å². The topological polar surface area (TPSA) is 24.1 Å². The van der Waals surface area contributed by atoms with Crippen molar-refractivity contribution in [1.29, 1.82) is 0 Å². The Morgan fingerprint density at radius 3 is 1.19 bits per heavy atom. The van der Waals surface area contributed by atoms with Gasteiger partial charge in [0.25, 0.3) is 0 Å². The molecule has 0 aliphatic rings. The maximum absolute atomic E-state index is 6.76. The molecule has 0 aliphatic carbocycles. The van der Waals surface area contributed by atoms with Crippen molar-refractivity contribution in [2.75, 3.05) is 10.6 Å². The van der Waals surface area contributed by atoms with Gasteiger partial charge in [-0.05, 0) is 47.5 Å². The van der Waals surface area contributed by atoms with Crippen LogP contribution in [0.15, 0.2) is 82.6 Å². The van der Waals surface area contributed by atoms with Crippen molar-refractivity contribution in [1.82, 2.24) is 0 Å². The zero-order valence-electron chi connectivity index (χ0n) is 18.2. The van der Waals surface area contributed by atoms with E-state index in [1.807, 2.05) is 60.7 Å². The van der Waals surface area contributed by atoms with E-state index in [9.17, 15) is 0 Å². The fourth-order valence-corrected chi connectivity index (χ4v) is 5.54. The molecule has 0 spiro atoms. The van der Waals surface area contributed by atoms with Gasteiger partial charge in [0.1, 0.15) is 0 Å². The van der Waals surface area contributed by atoms with E-state index in [4.69, 9.17) is 69.6 Å². The van der Waals surface area contributed by atoms with E-state index in [1.54, 1.807) is 12.1 Å². The van der Waals surface area contributed by atoms with E-state index in [-0.39, 0.29) is 10.0 Å². The van der Waals surface area contributed by atoms with Crippen LogP contribution in [-0.2, 0) is 0 Å². The van der Waals surface area contributed by atoms with Gasteiger partial charge in [-0.2, -0.15) is 0 Å². The summed E-state index contributed by atoms with van der Waals surface area (Å²) < 4.78 is 0. The quantitative estimate of drug-likeness (QED) is 0.120. The summed E-state index contributed by atoms with van der Waals surface area (Å²) >= 11 is 48.2. The molecular formula is C26H18Cl6N2S2. The largest absolute Gasteiger partial charge is 0.375 e. The summed E-state index contributed by atoms with van der Waals surface area (Å²) in [6.07, 6.45) is 0. The average molecular weight is 635 g/mol. The van der Waals surface area contributed by atoms with Gasteiger partial charge in [-0.15, -0.1) is 25.3 Å². The molecule has 4 aromatic carbocycles. The third-order valence-electron chi connectivity index (χ3n) is 5.56. The lowest BCUT2D eigenvalue weighted by atomic mass is 9.92. The van der Waals surface area contributed by atoms with Crippen LogP contribution in [0.1, 0.15) is 23.2 Å². The van der Waals surface area contributed by atoms with Crippen LogP contribution in [0.3, 0.4) is 0 Å². The molecule has 0 aliphatic heterocycles. The zero-order chi connectivity index (χ0) is 26.0. The monoisotopic (exact) mass is 632 g/mol. The van der Waals surface area contributed by atoms with Crippen LogP contribution in [0.2, 0.25) is 30.1 Å². The van der Waals surface area contributed by atoms with Gasteiger partial charge >= 0.3 is 0 Å². The van der Waals surface area contributed by atoms with E-state index >= 15 is 0 Å². The van der Waals surface area contributed by atoms with Gasteiger partial charge in [0.15, 0.2) is 0 Å². The van der Waals surface area contributed by atoms with Gasteiger partial charge in [-0.25, -0.2) is 0 Å². The molecule has 0 saturated heterocycles. The Morgan fingerprint density at radius 1 is 0.472 bits per heavy atom. The summed E-state index contributed by atoms with van der Waals surface area (Å²) in [7, 11) is 0. The Labute approximate surface area is 251 Å². The van der Waals surface area contributed by atoms with Crippen molar-refractivity contribution in [3.8, 4) is 0 Å². The molecule has 0 heterocycles. The molecule has 10 heteroatoms. The van der Waals surface area contributed by atoms with Crippen LogP contribution in [0.5, 0.6) is 0 Å². The molecule has 0 saturated carbocycles. The second-order valence-corrected chi connectivity index (χ2v) is 11.1. The zero-order valence-corrected chi connectivity index (χ0v) is 24.6. The summed E-state index contributed by atoms with van der Waals surface area (Å²) in [5.74, 6) is 0. The van der Waals surface area contributed by atoms with Crippen LogP contribution in [0.25, 0.3) is 0 Å². The molecule has 0 amide bonds. The molecule has 0 aromatic heterocycles. The highest BCUT2D eigenvalue weighted by Gasteiger charge is 2.31. The predicted octanol–water partition coefficient (Wildman–Crippen LogP) is 11.2. The molecule has 0 fully saturated rings. The fraction of sp³-hybridized carbons (Fsp3) is 0.0769. The Hall–Kier alpha value is -1.08. The van der Waals surface area contributed by atoms with Gasteiger partial charge in [-0.1, -0.05) is 106 Å². The van der Waals surface area contributed by atoms with Crippen molar-refractivity contribution in [3.63, 3.8) is 0 Å². The second kappa shape index (κ2) is 12.2. The molecule has 4 aromatic rings. The number of thiol groups is 2. The van der Waals surface area contributed by atoms with Crippen LogP contribution >= 0.6 is 94.9 Å². The average Bonchev–Trinajstić information content (AvgIpc) is 2.86. The molecule has 2 atom stereocenters. The van der Waals surface area contributed by atoms with Crippen molar-refractivity contribution in [2.45, 2.75) is 21.9 Å². The lowest BCUT2D eigenvalue weighted by molar-refractivity contribution is 0.647. The Morgan fingerprint density at radius 2 is 0.833 bits per heavy atom. The van der Waals surface area contributed by atoms with E-state index in [0.717, 1.165) is 21.2 Å². The first-order valence-electron chi connectivity index (χ1n) is 10.5. The summed E-state index contributed by atoms with van der Waals surface area (Å²) in [6.45, 7) is 0. The summed E-state index contributed by atoms with van der Waals surface area (Å²) in [5, 5.41) is 8.92. The number of hydrogen-bond donors (Lipinski definition) is 4. The first-order chi connectivity index (χ1) is 17.2. The van der Waals surface area contributed by atoms with Gasteiger partial charge < -0.3 is 10.6 Å². The lowest BCUT2D eigenvalue weighted by Crippen LogP contribution is -2.27. The maximum atomic E-state index is 6.76. The third kappa shape index (κ3) is 5.98. The fourth-order valence-electron chi connectivity index (χ4n) is 3.77. The van der Waals surface area contributed by atoms with E-state index in [0.29, 0.717) is 31.2 Å². The van der Waals surface area contributed by atoms with Crippen molar-refractivity contribution in [3.05, 3.63) is 114 Å². The number of halogens is 6. The molecule has 2 unspecified atom stereocenters. The minimum atomic E-state index is -0.525. The second-order valence-electron chi connectivity index (χ2n) is 7.81. The number of rotatable bonds is 7. The molecule has 2 N–H and O–H groups in total. The lowest BCUT2D eigenvalue weighted by Gasteiger charge is -2.33. The molecule has 0 bridgehead atoms. The highest BCUT2D eigenvalue weighted by molar-refractivity contribution is 7.80. The number of hydrogen-bond acceptors (Lipinski definition) is 4. The van der Waals surface area contributed by atoms with Gasteiger partial charge in [-0.3, -0.25) is 0 Å². The predicted molar refractivity (Wildman–Crippen MR) is 163 cm³/mol.